The topological polar surface area (TPSA) is 37.3 Å². The summed E-state index contributed by atoms with van der Waals surface area (Å²) in [5.41, 5.74) is 0. The van der Waals surface area contributed by atoms with Crippen LogP contribution in [0.25, 0.3) is 0 Å². The van der Waals surface area contributed by atoms with Crippen LogP contribution in [0.1, 0.15) is 25.7 Å². The minimum Gasteiger partial charge on any atom is -0.385 e. The van der Waals surface area contributed by atoms with Crippen LogP contribution in [0.5, 0.6) is 0 Å². The molecule has 2 nitrogen and oxygen atoms in total. The van der Waals surface area contributed by atoms with E-state index in [9.17, 15) is 4.79 Å². The number of carbonyl (C=O) groups is 1. The predicted octanol–water partition coefficient (Wildman–Crippen LogP) is 1.25. The summed E-state index contributed by atoms with van der Waals surface area (Å²) in [5, 5.41) is 9.11. The standard InChI is InChI=1S/C7H11BrO2/c8-5-1-3-6(9)7(10)4-2-5/h5-6,9H,1-4H2. The van der Waals surface area contributed by atoms with Gasteiger partial charge in [0.25, 0.3) is 0 Å². The van der Waals surface area contributed by atoms with Gasteiger partial charge in [-0.3, -0.25) is 4.79 Å². The molecule has 1 N–H and O–H groups in total. The van der Waals surface area contributed by atoms with Gasteiger partial charge in [-0.2, -0.15) is 0 Å². The van der Waals surface area contributed by atoms with Crippen LogP contribution >= 0.6 is 15.9 Å². The van der Waals surface area contributed by atoms with E-state index in [4.69, 9.17) is 5.11 Å². The van der Waals surface area contributed by atoms with Gasteiger partial charge in [0.15, 0.2) is 5.78 Å². The summed E-state index contributed by atoms with van der Waals surface area (Å²) in [7, 11) is 0. The van der Waals surface area contributed by atoms with Crippen LogP contribution in [0.4, 0.5) is 0 Å². The van der Waals surface area contributed by atoms with Crippen molar-refractivity contribution in [2.45, 2.75) is 36.6 Å². The molecular weight excluding hydrogens is 196 g/mol. The van der Waals surface area contributed by atoms with Crippen LogP contribution < -0.4 is 0 Å². The lowest BCUT2D eigenvalue weighted by Gasteiger charge is -2.02. The van der Waals surface area contributed by atoms with Crippen LogP contribution in [-0.4, -0.2) is 21.8 Å². The SMILES string of the molecule is O=C1CCC(Br)CCC1O. The van der Waals surface area contributed by atoms with Crippen molar-refractivity contribution in [3.05, 3.63) is 0 Å². The Balaban J connectivity index is 2.46. The van der Waals surface area contributed by atoms with Crippen molar-refractivity contribution < 1.29 is 9.90 Å². The normalized spacial score (nSPS) is 35.6. The maximum Gasteiger partial charge on any atom is 0.161 e. The quantitative estimate of drug-likeness (QED) is 0.479. The highest BCUT2D eigenvalue weighted by Gasteiger charge is 2.21. The smallest absolute Gasteiger partial charge is 0.161 e. The third-order valence-electron chi connectivity index (χ3n) is 1.83. The Kier molecular flexibility index (Phi) is 2.86. The molecule has 58 valence electrons. The molecule has 3 heteroatoms. The van der Waals surface area contributed by atoms with Crippen molar-refractivity contribution in [2.24, 2.45) is 0 Å². The molecule has 0 aliphatic heterocycles. The Morgan fingerprint density at radius 3 is 2.80 bits per heavy atom. The van der Waals surface area contributed by atoms with Gasteiger partial charge in [0, 0.05) is 11.2 Å². The molecule has 10 heavy (non-hydrogen) atoms. The van der Waals surface area contributed by atoms with Gasteiger partial charge in [-0.25, -0.2) is 0 Å². The summed E-state index contributed by atoms with van der Waals surface area (Å²) in [4.78, 5) is 11.3. The van der Waals surface area contributed by atoms with Crippen LogP contribution in [-0.2, 0) is 4.79 Å². The molecule has 1 aliphatic rings. The molecule has 0 aromatic carbocycles. The number of alkyl halides is 1. The molecule has 0 radical (unpaired) electrons. The monoisotopic (exact) mass is 206 g/mol. The first-order chi connectivity index (χ1) is 4.70. The second-order valence-corrected chi connectivity index (χ2v) is 3.99. The zero-order valence-electron chi connectivity index (χ0n) is 5.72. The van der Waals surface area contributed by atoms with Crippen molar-refractivity contribution in [3.63, 3.8) is 0 Å². The Morgan fingerprint density at radius 1 is 1.40 bits per heavy atom. The molecule has 0 saturated heterocycles. The number of carbonyl (C=O) groups excluding carboxylic acids is 1. The molecule has 1 fully saturated rings. The average molecular weight is 207 g/mol. The Morgan fingerprint density at radius 2 is 2.10 bits per heavy atom. The second kappa shape index (κ2) is 3.49. The summed E-state index contributed by atoms with van der Waals surface area (Å²) >= 11 is 3.43. The molecule has 0 amide bonds. The van der Waals surface area contributed by atoms with Gasteiger partial charge in [0.1, 0.15) is 6.10 Å². The van der Waals surface area contributed by atoms with Crippen molar-refractivity contribution in [3.8, 4) is 0 Å². The van der Waals surface area contributed by atoms with E-state index >= 15 is 0 Å². The summed E-state index contributed by atoms with van der Waals surface area (Å²) in [5.74, 6) is 0.00181. The van der Waals surface area contributed by atoms with Gasteiger partial charge in [0.2, 0.25) is 0 Å². The zero-order chi connectivity index (χ0) is 7.56. The number of hydrogen-bond acceptors (Lipinski definition) is 2. The van der Waals surface area contributed by atoms with Gasteiger partial charge in [-0.1, -0.05) is 15.9 Å². The van der Waals surface area contributed by atoms with E-state index in [0.29, 0.717) is 17.7 Å². The maximum atomic E-state index is 10.9. The van der Waals surface area contributed by atoms with E-state index in [2.05, 4.69) is 15.9 Å². The number of aliphatic hydroxyl groups is 1. The summed E-state index contributed by atoms with van der Waals surface area (Å²) in [6.07, 6.45) is 2.23. The molecule has 1 rings (SSSR count). The minimum atomic E-state index is -0.692. The van der Waals surface area contributed by atoms with Crippen LogP contribution in [0.2, 0.25) is 0 Å². The Bertz CT molecular complexity index is 136. The number of ketones is 1. The molecule has 1 aliphatic carbocycles. The summed E-state index contributed by atoms with van der Waals surface area (Å²) in [6.45, 7) is 0. The van der Waals surface area contributed by atoms with Crippen molar-refractivity contribution in [1.82, 2.24) is 0 Å². The number of halogens is 1. The number of Topliss-reactive ketones (excluding diaryl/α,β-unsaturated/α-hetero) is 1. The van der Waals surface area contributed by atoms with Crippen LogP contribution in [0, 0.1) is 0 Å². The fraction of sp³-hybridized carbons (Fsp3) is 0.857. The first kappa shape index (κ1) is 8.21. The van der Waals surface area contributed by atoms with E-state index < -0.39 is 6.10 Å². The molecular formula is C7H11BrO2. The van der Waals surface area contributed by atoms with Gasteiger partial charge >= 0.3 is 0 Å². The highest BCUT2D eigenvalue weighted by molar-refractivity contribution is 9.09. The van der Waals surface area contributed by atoms with Crippen molar-refractivity contribution in [2.75, 3.05) is 0 Å². The molecule has 0 aromatic rings. The largest absolute Gasteiger partial charge is 0.385 e. The van der Waals surface area contributed by atoms with Gasteiger partial charge in [-0.05, 0) is 19.3 Å². The molecule has 2 atom stereocenters. The number of hydrogen-bond donors (Lipinski definition) is 1. The average Bonchev–Trinajstić information content (AvgIpc) is 2.04. The molecule has 0 heterocycles. The maximum absolute atomic E-state index is 10.9. The highest BCUT2D eigenvalue weighted by Crippen LogP contribution is 2.21. The Labute approximate surface area is 68.7 Å². The van der Waals surface area contributed by atoms with Crippen molar-refractivity contribution in [1.29, 1.82) is 0 Å². The first-order valence-electron chi connectivity index (χ1n) is 3.55. The van der Waals surface area contributed by atoms with E-state index in [1.807, 2.05) is 0 Å². The lowest BCUT2D eigenvalue weighted by Crippen LogP contribution is -2.17. The summed E-state index contributed by atoms with van der Waals surface area (Å²) < 4.78 is 0. The van der Waals surface area contributed by atoms with Crippen molar-refractivity contribution >= 4 is 21.7 Å². The van der Waals surface area contributed by atoms with Crippen LogP contribution in [0.15, 0.2) is 0 Å². The third-order valence-corrected chi connectivity index (χ3v) is 2.74. The fourth-order valence-electron chi connectivity index (χ4n) is 1.11. The van der Waals surface area contributed by atoms with E-state index in [1.165, 1.54) is 0 Å². The number of rotatable bonds is 0. The van der Waals surface area contributed by atoms with Gasteiger partial charge < -0.3 is 5.11 Å². The molecule has 0 aromatic heterocycles. The zero-order valence-corrected chi connectivity index (χ0v) is 7.30. The lowest BCUT2D eigenvalue weighted by atomic mass is 10.1. The Hall–Kier alpha value is 0.110. The fourth-order valence-corrected chi connectivity index (χ4v) is 1.60. The van der Waals surface area contributed by atoms with Gasteiger partial charge in [-0.15, -0.1) is 0 Å². The van der Waals surface area contributed by atoms with E-state index in [0.717, 1.165) is 12.8 Å². The lowest BCUT2D eigenvalue weighted by molar-refractivity contribution is -0.126. The molecule has 0 bridgehead atoms. The number of aliphatic hydroxyl groups excluding tert-OH is 1. The van der Waals surface area contributed by atoms with Crippen LogP contribution in [0.3, 0.4) is 0 Å². The first-order valence-corrected chi connectivity index (χ1v) is 4.46. The molecule has 1 saturated carbocycles. The molecule has 2 unspecified atom stereocenters. The highest BCUT2D eigenvalue weighted by atomic mass is 79.9. The second-order valence-electron chi connectivity index (χ2n) is 2.70. The predicted molar refractivity (Wildman–Crippen MR) is 42.2 cm³/mol. The van der Waals surface area contributed by atoms with Gasteiger partial charge in [0.05, 0.1) is 0 Å². The summed E-state index contributed by atoms with van der Waals surface area (Å²) in [6, 6.07) is 0. The molecule has 0 spiro atoms. The van der Waals surface area contributed by atoms with E-state index in [1.54, 1.807) is 0 Å². The van der Waals surface area contributed by atoms with E-state index in [-0.39, 0.29) is 5.78 Å². The minimum absolute atomic E-state index is 0.00181. The third kappa shape index (κ3) is 2.06.